The molecule has 1 fully saturated rings. The third-order valence-electron chi connectivity index (χ3n) is 4.32. The predicted molar refractivity (Wildman–Crippen MR) is 105 cm³/mol. The van der Waals surface area contributed by atoms with Gasteiger partial charge < -0.3 is 15.1 Å². The standard InChI is InChI=1S/C20H26FN5O/c1-14-22-16(13-18(23-14)24-20(2,3)4)19(27)26-11-9-25(10-12-26)17-8-6-5-7-15(17)21/h5-8,13H,9-12H2,1-4H3,(H,22,23,24). The molecule has 2 aromatic rings. The summed E-state index contributed by atoms with van der Waals surface area (Å²) in [6, 6.07) is 8.43. The van der Waals surface area contributed by atoms with E-state index in [1.54, 1.807) is 30.0 Å². The minimum absolute atomic E-state index is 0.120. The molecular formula is C20H26FN5O. The lowest BCUT2D eigenvalue weighted by Gasteiger charge is -2.36. The van der Waals surface area contributed by atoms with Gasteiger partial charge in [-0.05, 0) is 39.8 Å². The van der Waals surface area contributed by atoms with Gasteiger partial charge in [0.05, 0.1) is 5.69 Å². The van der Waals surface area contributed by atoms with E-state index in [9.17, 15) is 9.18 Å². The first-order chi connectivity index (χ1) is 12.7. The Labute approximate surface area is 159 Å². The molecule has 1 aliphatic rings. The molecule has 7 heteroatoms. The molecule has 0 atom stereocenters. The second kappa shape index (κ2) is 7.50. The Bertz CT molecular complexity index is 825. The van der Waals surface area contributed by atoms with Crippen molar-refractivity contribution < 1.29 is 9.18 Å². The van der Waals surface area contributed by atoms with Crippen molar-refractivity contribution in [1.82, 2.24) is 14.9 Å². The molecule has 6 nitrogen and oxygen atoms in total. The zero-order chi connectivity index (χ0) is 19.6. The highest BCUT2D eigenvalue weighted by atomic mass is 19.1. The van der Waals surface area contributed by atoms with Crippen LogP contribution in [0.25, 0.3) is 0 Å². The van der Waals surface area contributed by atoms with Crippen LogP contribution in [0.15, 0.2) is 30.3 Å². The van der Waals surface area contributed by atoms with Gasteiger partial charge >= 0.3 is 0 Å². The van der Waals surface area contributed by atoms with Crippen LogP contribution in [0.1, 0.15) is 37.1 Å². The fourth-order valence-corrected chi connectivity index (χ4v) is 3.15. The molecule has 1 aromatic heterocycles. The molecule has 27 heavy (non-hydrogen) atoms. The van der Waals surface area contributed by atoms with Crippen LogP contribution in [0.5, 0.6) is 0 Å². The van der Waals surface area contributed by atoms with E-state index in [1.165, 1.54) is 6.07 Å². The van der Waals surface area contributed by atoms with Crippen LogP contribution in [-0.2, 0) is 0 Å². The van der Waals surface area contributed by atoms with E-state index >= 15 is 0 Å². The smallest absolute Gasteiger partial charge is 0.272 e. The summed E-state index contributed by atoms with van der Waals surface area (Å²) in [4.78, 5) is 25.3. The topological polar surface area (TPSA) is 61.4 Å². The molecule has 144 valence electrons. The van der Waals surface area contributed by atoms with Crippen molar-refractivity contribution in [3.05, 3.63) is 47.7 Å². The number of piperazine rings is 1. The van der Waals surface area contributed by atoms with E-state index in [4.69, 9.17) is 0 Å². The number of aromatic nitrogens is 2. The van der Waals surface area contributed by atoms with Crippen LogP contribution >= 0.6 is 0 Å². The molecule has 0 spiro atoms. The van der Waals surface area contributed by atoms with Crippen molar-refractivity contribution in [2.75, 3.05) is 36.4 Å². The Balaban J connectivity index is 1.70. The predicted octanol–water partition coefficient (Wildman–Crippen LogP) is 3.10. The van der Waals surface area contributed by atoms with Crippen LogP contribution in [-0.4, -0.2) is 52.5 Å². The Morgan fingerprint density at radius 3 is 2.41 bits per heavy atom. The van der Waals surface area contributed by atoms with Crippen LogP contribution in [0.4, 0.5) is 15.9 Å². The summed E-state index contributed by atoms with van der Waals surface area (Å²) in [6.07, 6.45) is 0. The summed E-state index contributed by atoms with van der Waals surface area (Å²) < 4.78 is 14.0. The monoisotopic (exact) mass is 371 g/mol. The summed E-state index contributed by atoms with van der Waals surface area (Å²) in [5.41, 5.74) is 0.805. The van der Waals surface area contributed by atoms with E-state index in [-0.39, 0.29) is 17.3 Å². The van der Waals surface area contributed by atoms with Gasteiger partial charge in [-0.1, -0.05) is 12.1 Å². The number of hydrogen-bond acceptors (Lipinski definition) is 5. The highest BCUT2D eigenvalue weighted by molar-refractivity contribution is 5.93. The molecule has 1 saturated heterocycles. The number of rotatable bonds is 3. The number of amides is 1. The molecule has 0 bridgehead atoms. The maximum Gasteiger partial charge on any atom is 0.272 e. The van der Waals surface area contributed by atoms with Gasteiger partial charge in [-0.2, -0.15) is 0 Å². The molecule has 1 aliphatic heterocycles. The number of anilines is 2. The van der Waals surface area contributed by atoms with E-state index in [0.717, 1.165) is 0 Å². The summed E-state index contributed by atoms with van der Waals surface area (Å²) >= 11 is 0. The third-order valence-corrected chi connectivity index (χ3v) is 4.32. The summed E-state index contributed by atoms with van der Waals surface area (Å²) in [7, 11) is 0. The summed E-state index contributed by atoms with van der Waals surface area (Å²) in [5, 5.41) is 3.28. The average molecular weight is 371 g/mol. The van der Waals surface area contributed by atoms with Gasteiger partial charge in [0, 0.05) is 37.8 Å². The van der Waals surface area contributed by atoms with Crippen molar-refractivity contribution in [2.24, 2.45) is 0 Å². The minimum Gasteiger partial charge on any atom is -0.366 e. The van der Waals surface area contributed by atoms with Gasteiger partial charge in [-0.15, -0.1) is 0 Å². The second-order valence-corrected chi connectivity index (χ2v) is 7.79. The largest absolute Gasteiger partial charge is 0.366 e. The number of nitrogens with one attached hydrogen (secondary N) is 1. The first-order valence-corrected chi connectivity index (χ1v) is 9.15. The van der Waals surface area contributed by atoms with Crippen LogP contribution < -0.4 is 10.2 Å². The number of carbonyl (C=O) groups excluding carboxylic acids is 1. The normalized spacial score (nSPS) is 15.0. The van der Waals surface area contributed by atoms with Crippen molar-refractivity contribution in [1.29, 1.82) is 0 Å². The van der Waals surface area contributed by atoms with Gasteiger partial charge in [0.15, 0.2) is 0 Å². The Morgan fingerprint density at radius 1 is 1.11 bits per heavy atom. The first-order valence-electron chi connectivity index (χ1n) is 9.15. The molecule has 0 saturated carbocycles. The quantitative estimate of drug-likeness (QED) is 0.898. The van der Waals surface area contributed by atoms with Gasteiger partial charge in [0.2, 0.25) is 0 Å². The second-order valence-electron chi connectivity index (χ2n) is 7.79. The number of aryl methyl sites for hydroxylation is 1. The summed E-state index contributed by atoms with van der Waals surface area (Å²) in [6.45, 7) is 10.1. The molecule has 0 radical (unpaired) electrons. The van der Waals surface area contributed by atoms with Gasteiger partial charge in [-0.3, -0.25) is 4.79 Å². The fraction of sp³-hybridized carbons (Fsp3) is 0.450. The number of carbonyl (C=O) groups is 1. The lowest BCUT2D eigenvalue weighted by Crippen LogP contribution is -2.49. The number of hydrogen-bond donors (Lipinski definition) is 1. The molecule has 0 aliphatic carbocycles. The molecule has 1 amide bonds. The first kappa shape index (κ1) is 19.1. The minimum atomic E-state index is -0.235. The number of halogens is 1. The highest BCUT2D eigenvalue weighted by Crippen LogP contribution is 2.21. The zero-order valence-electron chi connectivity index (χ0n) is 16.3. The molecule has 1 N–H and O–H groups in total. The fourth-order valence-electron chi connectivity index (χ4n) is 3.15. The summed E-state index contributed by atoms with van der Waals surface area (Å²) in [5.74, 6) is 0.841. The number of benzene rings is 1. The van der Waals surface area contributed by atoms with E-state index in [0.29, 0.717) is 49.2 Å². The molecule has 3 rings (SSSR count). The lowest BCUT2D eigenvalue weighted by atomic mass is 10.1. The maximum absolute atomic E-state index is 14.0. The van der Waals surface area contributed by atoms with E-state index in [2.05, 4.69) is 15.3 Å². The maximum atomic E-state index is 14.0. The molecule has 2 heterocycles. The molecule has 1 aromatic carbocycles. The van der Waals surface area contributed by atoms with Crippen molar-refractivity contribution in [3.63, 3.8) is 0 Å². The Hall–Kier alpha value is -2.70. The van der Waals surface area contributed by atoms with Gasteiger partial charge in [0.25, 0.3) is 5.91 Å². The van der Waals surface area contributed by atoms with Crippen molar-refractivity contribution in [2.45, 2.75) is 33.2 Å². The van der Waals surface area contributed by atoms with Crippen molar-refractivity contribution >= 4 is 17.4 Å². The van der Waals surface area contributed by atoms with Crippen LogP contribution in [0.3, 0.4) is 0 Å². The number of nitrogens with zero attached hydrogens (tertiary/aromatic N) is 4. The Kier molecular flexibility index (Phi) is 5.30. The average Bonchev–Trinajstić information content (AvgIpc) is 2.60. The van der Waals surface area contributed by atoms with Gasteiger partial charge in [-0.25, -0.2) is 14.4 Å². The van der Waals surface area contributed by atoms with E-state index < -0.39 is 0 Å². The molecular weight excluding hydrogens is 345 g/mol. The van der Waals surface area contributed by atoms with Crippen LogP contribution in [0, 0.1) is 12.7 Å². The van der Waals surface area contributed by atoms with Gasteiger partial charge in [0.1, 0.15) is 23.2 Å². The highest BCUT2D eigenvalue weighted by Gasteiger charge is 2.25. The van der Waals surface area contributed by atoms with Crippen molar-refractivity contribution in [3.8, 4) is 0 Å². The lowest BCUT2D eigenvalue weighted by molar-refractivity contribution is 0.0740. The molecule has 0 unspecified atom stereocenters. The number of para-hydroxylation sites is 1. The van der Waals surface area contributed by atoms with Crippen LogP contribution in [0.2, 0.25) is 0 Å². The Morgan fingerprint density at radius 2 is 1.78 bits per heavy atom. The zero-order valence-corrected chi connectivity index (χ0v) is 16.3. The SMILES string of the molecule is Cc1nc(NC(C)(C)C)cc(C(=O)N2CCN(c3ccccc3F)CC2)n1. The third kappa shape index (κ3) is 4.72. The van der Waals surface area contributed by atoms with E-state index in [1.807, 2.05) is 31.7 Å².